The molecule has 3 aromatic carbocycles. The van der Waals surface area contributed by atoms with Gasteiger partial charge in [0.15, 0.2) is 5.13 Å². The van der Waals surface area contributed by atoms with Crippen molar-refractivity contribution in [2.24, 2.45) is 0 Å². The number of non-ortho nitro benzene ring substituents is 1. The second-order valence-electron chi connectivity index (χ2n) is 8.22. The van der Waals surface area contributed by atoms with E-state index in [0.29, 0.717) is 16.8 Å². The van der Waals surface area contributed by atoms with Crippen molar-refractivity contribution in [2.75, 3.05) is 12.0 Å². The highest BCUT2D eigenvalue weighted by Gasteiger charge is 2.48. The van der Waals surface area contributed by atoms with Crippen LogP contribution in [-0.4, -0.2) is 33.8 Å². The minimum Gasteiger partial charge on any atom is -0.507 e. The number of Topliss-reactive ketones (excluding diaryl/α,β-unsaturated/α-hetero) is 1. The number of ketones is 1. The lowest BCUT2D eigenvalue weighted by atomic mass is 9.95. The van der Waals surface area contributed by atoms with Crippen LogP contribution < -0.4 is 9.64 Å². The van der Waals surface area contributed by atoms with E-state index in [4.69, 9.17) is 4.74 Å². The van der Waals surface area contributed by atoms with Gasteiger partial charge in [0.05, 0.1) is 33.9 Å². The number of fused-ring (bicyclic) bond motifs is 1. The maximum atomic E-state index is 13.4. The number of hydrogen-bond acceptors (Lipinski definition) is 8. The van der Waals surface area contributed by atoms with Crippen molar-refractivity contribution in [3.63, 3.8) is 0 Å². The van der Waals surface area contributed by atoms with Crippen molar-refractivity contribution in [3.05, 3.63) is 99.1 Å². The molecule has 1 aliphatic rings. The van der Waals surface area contributed by atoms with Gasteiger partial charge in [0.1, 0.15) is 11.5 Å². The number of aliphatic hydroxyl groups excluding tert-OH is 1. The molecule has 9 nitrogen and oxygen atoms in total. The van der Waals surface area contributed by atoms with Gasteiger partial charge in [-0.25, -0.2) is 4.98 Å². The maximum Gasteiger partial charge on any atom is 0.301 e. The van der Waals surface area contributed by atoms with Crippen LogP contribution in [0.15, 0.2) is 72.3 Å². The van der Waals surface area contributed by atoms with Gasteiger partial charge in [-0.3, -0.25) is 24.6 Å². The van der Waals surface area contributed by atoms with Gasteiger partial charge in [-0.15, -0.1) is 0 Å². The lowest BCUT2D eigenvalue weighted by Crippen LogP contribution is -2.29. The summed E-state index contributed by atoms with van der Waals surface area (Å²) < 4.78 is 6.04. The molecule has 1 aliphatic heterocycles. The molecule has 1 amide bonds. The average Bonchev–Trinajstić information content (AvgIpc) is 3.41. The number of methoxy groups -OCH3 is 1. The fraction of sp³-hybridized carbons (Fsp3) is 0.115. The van der Waals surface area contributed by atoms with E-state index in [0.717, 1.165) is 10.3 Å². The molecule has 1 saturated heterocycles. The van der Waals surface area contributed by atoms with Crippen LogP contribution >= 0.6 is 11.3 Å². The van der Waals surface area contributed by atoms with Gasteiger partial charge in [0, 0.05) is 17.7 Å². The first-order valence-electron chi connectivity index (χ1n) is 10.9. The van der Waals surface area contributed by atoms with E-state index in [1.807, 2.05) is 25.1 Å². The minimum atomic E-state index is -1.13. The molecule has 1 aromatic heterocycles. The van der Waals surface area contributed by atoms with Crippen molar-refractivity contribution in [1.82, 2.24) is 4.98 Å². The van der Waals surface area contributed by atoms with E-state index in [1.165, 1.54) is 47.6 Å². The summed E-state index contributed by atoms with van der Waals surface area (Å²) in [5, 5.41) is 23.0. The quantitative estimate of drug-likeness (QED) is 0.132. The van der Waals surface area contributed by atoms with Crippen molar-refractivity contribution in [3.8, 4) is 5.75 Å². The predicted octanol–water partition coefficient (Wildman–Crippen LogP) is 5.15. The Morgan fingerprint density at radius 2 is 1.89 bits per heavy atom. The smallest absolute Gasteiger partial charge is 0.301 e. The average molecular weight is 502 g/mol. The van der Waals surface area contributed by atoms with Crippen LogP contribution in [0.1, 0.15) is 22.7 Å². The summed E-state index contributed by atoms with van der Waals surface area (Å²) in [7, 11) is 1.47. The third-order valence-electron chi connectivity index (χ3n) is 5.92. The van der Waals surface area contributed by atoms with Crippen LogP contribution in [0.5, 0.6) is 5.75 Å². The highest BCUT2D eigenvalue weighted by molar-refractivity contribution is 7.22. The van der Waals surface area contributed by atoms with Crippen molar-refractivity contribution in [1.29, 1.82) is 0 Å². The number of anilines is 1. The second-order valence-corrected chi connectivity index (χ2v) is 9.23. The van der Waals surface area contributed by atoms with Crippen molar-refractivity contribution >= 4 is 49.8 Å². The molecule has 0 radical (unpaired) electrons. The Balaban J connectivity index is 1.75. The van der Waals surface area contributed by atoms with E-state index < -0.39 is 28.4 Å². The molecule has 180 valence electrons. The predicted molar refractivity (Wildman–Crippen MR) is 135 cm³/mol. The number of carbonyl (C=O) groups is 2. The number of aryl methyl sites for hydroxylation is 1. The fourth-order valence-corrected chi connectivity index (χ4v) is 5.29. The Hall–Kier alpha value is -4.57. The number of ether oxygens (including phenoxy) is 1. The van der Waals surface area contributed by atoms with Crippen LogP contribution in [0.2, 0.25) is 0 Å². The number of rotatable bonds is 5. The maximum absolute atomic E-state index is 13.4. The standard InChI is InChI=1S/C26H19N3O6S/c1-14-9-10-19-20(11-14)36-26(27-19)28-22(15-5-3-7-17(12-15)29(33)34)21(24(31)25(28)32)23(30)16-6-4-8-18(13-16)35-2/h3-13,22,30H,1-2H3/b23-21+. The third-order valence-corrected chi connectivity index (χ3v) is 6.94. The summed E-state index contributed by atoms with van der Waals surface area (Å²) in [5.41, 5.74) is 1.82. The lowest BCUT2D eigenvalue weighted by molar-refractivity contribution is -0.384. The SMILES string of the molecule is COc1cccc(/C(O)=C2\C(=O)C(=O)N(c3nc4ccc(C)cc4s3)C2c2cccc([N+](=O)[O-])c2)c1. The second kappa shape index (κ2) is 8.90. The summed E-state index contributed by atoms with van der Waals surface area (Å²) in [4.78, 5) is 43.4. The molecule has 1 atom stereocenters. The van der Waals surface area contributed by atoms with Crippen LogP contribution in [-0.2, 0) is 9.59 Å². The topological polar surface area (TPSA) is 123 Å². The van der Waals surface area contributed by atoms with E-state index in [9.17, 15) is 24.8 Å². The monoisotopic (exact) mass is 501 g/mol. The molecule has 0 saturated carbocycles. The molecule has 0 bridgehead atoms. The third kappa shape index (κ3) is 3.87. The number of thiazole rings is 1. The van der Waals surface area contributed by atoms with Gasteiger partial charge >= 0.3 is 5.91 Å². The fourth-order valence-electron chi connectivity index (χ4n) is 4.20. The number of benzene rings is 3. The van der Waals surface area contributed by atoms with E-state index >= 15 is 0 Å². The Morgan fingerprint density at radius 1 is 1.11 bits per heavy atom. The molecule has 4 aromatic rings. The van der Waals surface area contributed by atoms with E-state index in [-0.39, 0.29) is 22.0 Å². The summed E-state index contributed by atoms with van der Waals surface area (Å²) in [6.07, 6.45) is 0. The van der Waals surface area contributed by atoms with Crippen LogP contribution in [0.3, 0.4) is 0 Å². The van der Waals surface area contributed by atoms with Gasteiger partial charge < -0.3 is 9.84 Å². The number of nitrogens with zero attached hydrogens (tertiary/aromatic N) is 3. The molecule has 1 fully saturated rings. The molecular formula is C26H19N3O6S. The van der Waals surface area contributed by atoms with Gasteiger partial charge in [-0.2, -0.15) is 0 Å². The Kier molecular flexibility index (Phi) is 5.73. The largest absolute Gasteiger partial charge is 0.507 e. The Labute approximate surface area is 209 Å². The summed E-state index contributed by atoms with van der Waals surface area (Å²) in [5.74, 6) is -1.76. The summed E-state index contributed by atoms with van der Waals surface area (Å²) in [6.45, 7) is 1.93. The molecule has 1 N–H and O–H groups in total. The van der Waals surface area contributed by atoms with E-state index in [2.05, 4.69) is 4.98 Å². The molecule has 1 unspecified atom stereocenters. The molecule has 0 aliphatic carbocycles. The Morgan fingerprint density at radius 3 is 2.64 bits per heavy atom. The van der Waals surface area contributed by atoms with Crippen molar-refractivity contribution < 1.29 is 24.4 Å². The highest BCUT2D eigenvalue weighted by atomic mass is 32.1. The van der Waals surface area contributed by atoms with Gasteiger partial charge in [-0.1, -0.05) is 41.7 Å². The summed E-state index contributed by atoms with van der Waals surface area (Å²) in [6, 6.07) is 16.6. The molecule has 5 rings (SSSR count). The van der Waals surface area contributed by atoms with Gasteiger partial charge in [-0.05, 0) is 42.3 Å². The number of aromatic nitrogens is 1. The van der Waals surface area contributed by atoms with Crippen LogP contribution in [0, 0.1) is 17.0 Å². The number of aliphatic hydroxyl groups is 1. The number of nitro benzene ring substituents is 1. The van der Waals surface area contributed by atoms with Gasteiger partial charge in [0.25, 0.3) is 11.5 Å². The first-order valence-corrected chi connectivity index (χ1v) is 11.7. The number of carbonyl (C=O) groups excluding carboxylic acids is 2. The number of nitro groups is 1. The zero-order chi connectivity index (χ0) is 25.6. The first kappa shape index (κ1) is 23.2. The molecular weight excluding hydrogens is 482 g/mol. The lowest BCUT2D eigenvalue weighted by Gasteiger charge is -2.22. The number of hydrogen-bond donors (Lipinski definition) is 1. The highest BCUT2D eigenvalue weighted by Crippen LogP contribution is 2.45. The first-order chi connectivity index (χ1) is 17.3. The zero-order valence-corrected chi connectivity index (χ0v) is 20.0. The minimum absolute atomic E-state index is 0.191. The molecule has 10 heteroatoms. The van der Waals surface area contributed by atoms with Crippen molar-refractivity contribution in [2.45, 2.75) is 13.0 Å². The normalized spacial score (nSPS) is 17.1. The Bertz CT molecular complexity index is 1590. The molecule has 0 spiro atoms. The summed E-state index contributed by atoms with van der Waals surface area (Å²) >= 11 is 1.22. The zero-order valence-electron chi connectivity index (χ0n) is 19.2. The molecule has 36 heavy (non-hydrogen) atoms. The van der Waals surface area contributed by atoms with Gasteiger partial charge in [0.2, 0.25) is 0 Å². The number of amides is 1. The van der Waals surface area contributed by atoms with E-state index in [1.54, 1.807) is 24.3 Å². The van der Waals surface area contributed by atoms with Crippen LogP contribution in [0.4, 0.5) is 10.8 Å². The molecule has 2 heterocycles. The van der Waals surface area contributed by atoms with Crippen LogP contribution in [0.25, 0.3) is 16.0 Å².